The molecule has 1 unspecified atom stereocenters. The summed E-state index contributed by atoms with van der Waals surface area (Å²) >= 11 is 1.26. The van der Waals surface area contributed by atoms with Gasteiger partial charge in [0.25, 0.3) is 0 Å². The van der Waals surface area contributed by atoms with E-state index in [-0.39, 0.29) is 11.8 Å². The average Bonchev–Trinajstić information content (AvgIpc) is 3.11. The molecule has 0 saturated heterocycles. The first-order valence-electron chi connectivity index (χ1n) is 9.04. The molecule has 2 amide bonds. The average molecular weight is 411 g/mol. The zero-order valence-electron chi connectivity index (χ0n) is 16.6. The lowest BCUT2D eigenvalue weighted by Crippen LogP contribution is -2.23. The Kier molecular flexibility index (Phi) is 6.28. The summed E-state index contributed by atoms with van der Waals surface area (Å²) in [5.74, 6) is -0.298. The van der Waals surface area contributed by atoms with Gasteiger partial charge in [-0.2, -0.15) is 4.68 Å². The Balaban J connectivity index is 1.74. The summed E-state index contributed by atoms with van der Waals surface area (Å²) in [5.41, 5.74) is 4.27. The molecule has 2 N–H and O–H groups in total. The Bertz CT molecular complexity index is 1050. The van der Waals surface area contributed by atoms with Crippen LogP contribution in [0, 0.1) is 13.8 Å². The van der Waals surface area contributed by atoms with E-state index in [0.717, 1.165) is 16.8 Å². The summed E-state index contributed by atoms with van der Waals surface area (Å²) in [5, 5.41) is 17.5. The molecular formula is C20H22N6O2S. The van der Waals surface area contributed by atoms with Crippen LogP contribution in [0.15, 0.2) is 47.6 Å². The summed E-state index contributed by atoms with van der Waals surface area (Å²) in [6.07, 6.45) is 0. The zero-order valence-corrected chi connectivity index (χ0v) is 17.4. The maximum Gasteiger partial charge on any atom is 0.237 e. The molecule has 8 nitrogen and oxygen atoms in total. The van der Waals surface area contributed by atoms with Gasteiger partial charge in [0.15, 0.2) is 0 Å². The first-order chi connectivity index (χ1) is 13.8. The number of carbonyl (C=O) groups is 2. The summed E-state index contributed by atoms with van der Waals surface area (Å²) in [7, 11) is 0. The second-order valence-electron chi connectivity index (χ2n) is 6.67. The van der Waals surface area contributed by atoms with Crippen molar-refractivity contribution in [3.63, 3.8) is 0 Å². The largest absolute Gasteiger partial charge is 0.326 e. The van der Waals surface area contributed by atoms with Crippen LogP contribution in [0.25, 0.3) is 5.69 Å². The predicted octanol–water partition coefficient (Wildman–Crippen LogP) is 3.36. The SMILES string of the molecule is CC(=O)Nc1cccc(-n2nnnc2SC(C)C(=O)Nc2ccc(C)cc2C)c1. The first-order valence-corrected chi connectivity index (χ1v) is 9.92. The highest BCUT2D eigenvalue weighted by Crippen LogP contribution is 2.25. The van der Waals surface area contributed by atoms with E-state index in [4.69, 9.17) is 0 Å². The van der Waals surface area contributed by atoms with Crippen molar-refractivity contribution in [1.29, 1.82) is 0 Å². The fourth-order valence-electron chi connectivity index (χ4n) is 2.73. The van der Waals surface area contributed by atoms with Gasteiger partial charge >= 0.3 is 0 Å². The Labute approximate surface area is 173 Å². The Hall–Kier alpha value is -3.20. The van der Waals surface area contributed by atoms with E-state index < -0.39 is 5.25 Å². The molecule has 0 fully saturated rings. The second-order valence-corrected chi connectivity index (χ2v) is 7.98. The minimum absolute atomic E-state index is 0.136. The van der Waals surface area contributed by atoms with Gasteiger partial charge < -0.3 is 10.6 Å². The third-order valence-electron chi connectivity index (χ3n) is 4.14. The summed E-state index contributed by atoms with van der Waals surface area (Å²) in [4.78, 5) is 23.9. The van der Waals surface area contributed by atoms with Crippen LogP contribution in [0.1, 0.15) is 25.0 Å². The number of nitrogens with one attached hydrogen (secondary N) is 2. The molecular weight excluding hydrogens is 388 g/mol. The van der Waals surface area contributed by atoms with Gasteiger partial charge in [-0.05, 0) is 61.0 Å². The van der Waals surface area contributed by atoms with Gasteiger partial charge in [0, 0.05) is 18.3 Å². The molecule has 0 bridgehead atoms. The van der Waals surface area contributed by atoms with E-state index in [0.29, 0.717) is 16.5 Å². The lowest BCUT2D eigenvalue weighted by Gasteiger charge is -2.14. The molecule has 1 atom stereocenters. The molecule has 3 aromatic rings. The monoisotopic (exact) mass is 410 g/mol. The maximum absolute atomic E-state index is 12.6. The maximum atomic E-state index is 12.6. The first kappa shape index (κ1) is 20.5. The quantitative estimate of drug-likeness (QED) is 0.604. The molecule has 0 radical (unpaired) electrons. The van der Waals surface area contributed by atoms with Crippen LogP contribution < -0.4 is 10.6 Å². The lowest BCUT2D eigenvalue weighted by atomic mass is 10.1. The van der Waals surface area contributed by atoms with E-state index in [1.165, 1.54) is 23.4 Å². The van der Waals surface area contributed by atoms with Crippen molar-refractivity contribution in [2.45, 2.75) is 38.1 Å². The molecule has 0 spiro atoms. The van der Waals surface area contributed by atoms with Gasteiger partial charge in [0.05, 0.1) is 10.9 Å². The smallest absolute Gasteiger partial charge is 0.237 e. The molecule has 0 aliphatic heterocycles. The van der Waals surface area contributed by atoms with Crippen LogP contribution in [0.4, 0.5) is 11.4 Å². The number of benzene rings is 2. The summed E-state index contributed by atoms with van der Waals surface area (Å²) in [6, 6.07) is 13.1. The number of carbonyl (C=O) groups excluding carboxylic acids is 2. The number of aromatic nitrogens is 4. The van der Waals surface area contributed by atoms with Crippen LogP contribution in [-0.4, -0.2) is 37.3 Å². The van der Waals surface area contributed by atoms with E-state index in [9.17, 15) is 9.59 Å². The van der Waals surface area contributed by atoms with Crippen molar-refractivity contribution in [1.82, 2.24) is 20.2 Å². The van der Waals surface area contributed by atoms with Gasteiger partial charge in [0.2, 0.25) is 17.0 Å². The summed E-state index contributed by atoms with van der Waals surface area (Å²) in [6.45, 7) is 7.22. The van der Waals surface area contributed by atoms with Crippen molar-refractivity contribution in [2.24, 2.45) is 0 Å². The number of amides is 2. The highest BCUT2D eigenvalue weighted by atomic mass is 32.2. The van der Waals surface area contributed by atoms with E-state index >= 15 is 0 Å². The fraction of sp³-hybridized carbons (Fsp3) is 0.250. The number of hydrogen-bond donors (Lipinski definition) is 2. The molecule has 0 aliphatic carbocycles. The molecule has 9 heteroatoms. The van der Waals surface area contributed by atoms with Crippen LogP contribution in [-0.2, 0) is 9.59 Å². The molecule has 0 aliphatic rings. The zero-order chi connectivity index (χ0) is 21.0. The Morgan fingerprint density at radius 3 is 2.62 bits per heavy atom. The van der Waals surface area contributed by atoms with Crippen LogP contribution in [0.2, 0.25) is 0 Å². The van der Waals surface area contributed by atoms with Crippen molar-refractivity contribution < 1.29 is 9.59 Å². The molecule has 150 valence electrons. The normalized spacial score (nSPS) is 11.7. The number of nitrogens with zero attached hydrogens (tertiary/aromatic N) is 4. The molecule has 3 rings (SSSR count). The van der Waals surface area contributed by atoms with Gasteiger partial charge in [-0.1, -0.05) is 35.5 Å². The van der Waals surface area contributed by atoms with Crippen molar-refractivity contribution in [3.05, 3.63) is 53.6 Å². The minimum Gasteiger partial charge on any atom is -0.326 e. The van der Waals surface area contributed by atoms with E-state index in [1.54, 1.807) is 25.1 Å². The van der Waals surface area contributed by atoms with Gasteiger partial charge in [-0.3, -0.25) is 9.59 Å². The number of thioether (sulfide) groups is 1. The van der Waals surface area contributed by atoms with E-state index in [1.807, 2.05) is 38.1 Å². The number of aryl methyl sites for hydroxylation is 2. The standard InChI is InChI=1S/C20H22N6O2S/c1-12-8-9-18(13(2)10-12)22-19(28)14(3)29-20-23-24-25-26(20)17-7-5-6-16(11-17)21-15(4)27/h5-11,14H,1-4H3,(H,21,27)(H,22,28). The molecule has 1 heterocycles. The van der Waals surface area contributed by atoms with Crippen molar-refractivity contribution >= 4 is 35.0 Å². The number of anilines is 2. The van der Waals surface area contributed by atoms with Crippen LogP contribution in [0.3, 0.4) is 0 Å². The van der Waals surface area contributed by atoms with Crippen molar-refractivity contribution in [3.8, 4) is 5.69 Å². The minimum atomic E-state index is -0.418. The topological polar surface area (TPSA) is 102 Å². The third-order valence-corrected chi connectivity index (χ3v) is 5.18. The van der Waals surface area contributed by atoms with Crippen LogP contribution in [0.5, 0.6) is 0 Å². The molecule has 29 heavy (non-hydrogen) atoms. The predicted molar refractivity (Wildman–Crippen MR) is 113 cm³/mol. The van der Waals surface area contributed by atoms with E-state index in [2.05, 4.69) is 26.2 Å². The number of tetrazole rings is 1. The Morgan fingerprint density at radius 2 is 1.90 bits per heavy atom. The summed E-state index contributed by atoms with van der Waals surface area (Å²) < 4.78 is 1.54. The number of rotatable bonds is 6. The van der Waals surface area contributed by atoms with Gasteiger partial charge in [-0.25, -0.2) is 0 Å². The van der Waals surface area contributed by atoms with Gasteiger partial charge in [0.1, 0.15) is 0 Å². The second kappa shape index (κ2) is 8.87. The third kappa shape index (κ3) is 5.20. The van der Waals surface area contributed by atoms with Gasteiger partial charge in [-0.15, -0.1) is 5.10 Å². The molecule has 0 saturated carbocycles. The lowest BCUT2D eigenvalue weighted by molar-refractivity contribution is -0.115. The molecule has 1 aromatic heterocycles. The number of hydrogen-bond acceptors (Lipinski definition) is 6. The highest BCUT2D eigenvalue weighted by molar-refractivity contribution is 8.00. The van der Waals surface area contributed by atoms with Crippen LogP contribution >= 0.6 is 11.8 Å². The fourth-order valence-corrected chi connectivity index (χ4v) is 3.54. The highest BCUT2D eigenvalue weighted by Gasteiger charge is 2.20. The Morgan fingerprint density at radius 1 is 1.10 bits per heavy atom. The molecule has 2 aromatic carbocycles. The van der Waals surface area contributed by atoms with Crippen molar-refractivity contribution in [2.75, 3.05) is 10.6 Å².